The fourth-order valence-corrected chi connectivity index (χ4v) is 2.94. The first-order valence-electron chi connectivity index (χ1n) is 7.74. The molecule has 0 aromatic heterocycles. The van der Waals surface area contributed by atoms with Gasteiger partial charge in [0.05, 0.1) is 18.0 Å². The van der Waals surface area contributed by atoms with Gasteiger partial charge in [-0.2, -0.15) is 0 Å². The lowest BCUT2D eigenvalue weighted by Gasteiger charge is -2.10. The number of rotatable bonds is 10. The fourth-order valence-electron chi connectivity index (χ4n) is 1.85. The Bertz CT molecular complexity index is 644. The van der Waals surface area contributed by atoms with Crippen LogP contribution >= 0.6 is 0 Å². The highest BCUT2D eigenvalue weighted by molar-refractivity contribution is 7.89. The number of aliphatic imine (C=N–C) groups is 1. The molecule has 0 atom stereocenters. The average molecular weight is 354 g/mol. The molecule has 24 heavy (non-hydrogen) atoms. The van der Waals surface area contributed by atoms with E-state index in [2.05, 4.69) is 26.9 Å². The highest BCUT2D eigenvalue weighted by Gasteiger charge is 2.13. The number of nitrogens with one attached hydrogen (secondary N) is 3. The summed E-state index contributed by atoms with van der Waals surface area (Å²) >= 11 is 0. The van der Waals surface area contributed by atoms with Crippen molar-refractivity contribution in [2.75, 3.05) is 33.4 Å². The first kappa shape index (κ1) is 20.1. The van der Waals surface area contributed by atoms with Crippen LogP contribution in [0.25, 0.3) is 0 Å². The Morgan fingerprint density at radius 1 is 1.38 bits per heavy atom. The van der Waals surface area contributed by atoms with E-state index in [9.17, 15) is 8.42 Å². The molecule has 0 bridgehead atoms. The van der Waals surface area contributed by atoms with Crippen molar-refractivity contribution in [3.63, 3.8) is 0 Å². The number of ether oxygens (including phenoxy) is 1. The molecular weight excluding hydrogens is 328 g/mol. The van der Waals surface area contributed by atoms with Gasteiger partial charge in [0.15, 0.2) is 5.96 Å². The number of methoxy groups -OCH3 is 1. The molecule has 0 spiro atoms. The number of guanidine groups is 1. The number of sulfonamides is 1. The first-order valence-corrected chi connectivity index (χ1v) is 9.22. The molecule has 0 aliphatic carbocycles. The van der Waals surface area contributed by atoms with E-state index in [0.29, 0.717) is 25.7 Å². The molecule has 1 aromatic carbocycles. The van der Waals surface area contributed by atoms with Gasteiger partial charge in [0.25, 0.3) is 0 Å². The van der Waals surface area contributed by atoms with Crippen LogP contribution in [0.1, 0.15) is 12.5 Å². The Labute approximate surface area is 144 Å². The van der Waals surface area contributed by atoms with E-state index < -0.39 is 10.0 Å². The average Bonchev–Trinajstić information content (AvgIpc) is 2.58. The molecule has 0 fully saturated rings. The summed E-state index contributed by atoms with van der Waals surface area (Å²) in [4.78, 5) is 4.65. The molecule has 0 radical (unpaired) electrons. The third-order valence-corrected chi connectivity index (χ3v) is 4.44. The van der Waals surface area contributed by atoms with Crippen LogP contribution in [-0.2, 0) is 21.3 Å². The van der Waals surface area contributed by atoms with Crippen LogP contribution in [0.15, 0.2) is 46.8 Å². The van der Waals surface area contributed by atoms with E-state index in [4.69, 9.17) is 4.74 Å². The van der Waals surface area contributed by atoms with Gasteiger partial charge in [-0.25, -0.2) is 18.1 Å². The van der Waals surface area contributed by atoms with Crippen molar-refractivity contribution in [1.82, 2.24) is 15.4 Å². The van der Waals surface area contributed by atoms with Gasteiger partial charge < -0.3 is 15.4 Å². The third-order valence-electron chi connectivity index (χ3n) is 2.98. The third kappa shape index (κ3) is 7.12. The zero-order valence-corrected chi connectivity index (χ0v) is 15.0. The van der Waals surface area contributed by atoms with Crippen LogP contribution in [0.5, 0.6) is 0 Å². The second-order valence-electron chi connectivity index (χ2n) is 4.90. The first-order chi connectivity index (χ1) is 11.5. The van der Waals surface area contributed by atoms with E-state index in [-0.39, 0.29) is 11.4 Å². The Balaban J connectivity index is 2.81. The van der Waals surface area contributed by atoms with Crippen molar-refractivity contribution >= 4 is 16.0 Å². The molecule has 0 heterocycles. The topological polar surface area (TPSA) is 91.8 Å². The minimum absolute atomic E-state index is 0.218. The number of benzene rings is 1. The van der Waals surface area contributed by atoms with Crippen LogP contribution < -0.4 is 15.4 Å². The summed E-state index contributed by atoms with van der Waals surface area (Å²) in [7, 11) is -2.02. The van der Waals surface area contributed by atoms with Crippen molar-refractivity contribution in [1.29, 1.82) is 0 Å². The van der Waals surface area contributed by atoms with Crippen molar-refractivity contribution in [3.8, 4) is 0 Å². The van der Waals surface area contributed by atoms with E-state index in [1.165, 1.54) is 7.11 Å². The van der Waals surface area contributed by atoms with Crippen molar-refractivity contribution < 1.29 is 13.2 Å². The molecule has 0 aliphatic heterocycles. The van der Waals surface area contributed by atoms with Gasteiger partial charge in [-0.3, -0.25) is 0 Å². The smallest absolute Gasteiger partial charge is 0.240 e. The fraction of sp³-hybridized carbons (Fsp3) is 0.438. The molecule has 1 aromatic rings. The highest BCUT2D eigenvalue weighted by Crippen LogP contribution is 2.12. The molecule has 8 heteroatoms. The van der Waals surface area contributed by atoms with Crippen molar-refractivity contribution in [3.05, 3.63) is 42.5 Å². The minimum atomic E-state index is -3.54. The maximum Gasteiger partial charge on any atom is 0.240 e. The lowest BCUT2D eigenvalue weighted by Crippen LogP contribution is -2.37. The van der Waals surface area contributed by atoms with E-state index in [1.54, 1.807) is 24.3 Å². The van der Waals surface area contributed by atoms with Crippen LogP contribution in [0.3, 0.4) is 0 Å². The quantitative estimate of drug-likeness (QED) is 0.251. The number of hydrogen-bond acceptors (Lipinski definition) is 4. The Hall–Kier alpha value is -1.90. The lowest BCUT2D eigenvalue weighted by molar-refractivity contribution is 0.204. The van der Waals surface area contributed by atoms with Gasteiger partial charge in [0.1, 0.15) is 0 Å². The van der Waals surface area contributed by atoms with Crippen LogP contribution in [0, 0.1) is 0 Å². The SMILES string of the molecule is C=CCNC(=NCc1cccc(S(=O)(=O)NCCOC)c1)NCC. The summed E-state index contributed by atoms with van der Waals surface area (Å²) in [6, 6.07) is 6.73. The standard InChI is InChI=1S/C16H26N4O3S/c1-4-9-18-16(17-5-2)19-13-14-7-6-8-15(12-14)24(21,22)20-10-11-23-3/h4,6-8,12,20H,1,5,9-11,13H2,2-3H3,(H2,17,18,19). The summed E-state index contributed by atoms with van der Waals surface area (Å²) in [5.74, 6) is 0.656. The predicted octanol–water partition coefficient (Wildman–Crippen LogP) is 0.852. The van der Waals surface area contributed by atoms with Crippen LogP contribution in [0.2, 0.25) is 0 Å². The zero-order valence-electron chi connectivity index (χ0n) is 14.2. The summed E-state index contributed by atoms with van der Waals surface area (Å²) in [5, 5.41) is 6.21. The van der Waals surface area contributed by atoms with E-state index >= 15 is 0 Å². The summed E-state index contributed by atoms with van der Waals surface area (Å²) in [6.07, 6.45) is 1.74. The van der Waals surface area contributed by atoms with Crippen LogP contribution in [0.4, 0.5) is 0 Å². The van der Waals surface area contributed by atoms with Gasteiger partial charge in [-0.1, -0.05) is 18.2 Å². The van der Waals surface area contributed by atoms with E-state index in [1.807, 2.05) is 13.0 Å². The molecule has 1 rings (SSSR count). The normalized spacial score (nSPS) is 12.0. The largest absolute Gasteiger partial charge is 0.383 e. The van der Waals surface area contributed by atoms with Gasteiger partial charge in [0, 0.05) is 26.7 Å². The molecule has 3 N–H and O–H groups in total. The van der Waals surface area contributed by atoms with Gasteiger partial charge in [-0.05, 0) is 24.6 Å². The highest BCUT2D eigenvalue weighted by atomic mass is 32.2. The monoisotopic (exact) mass is 354 g/mol. The number of hydrogen-bond donors (Lipinski definition) is 3. The van der Waals surface area contributed by atoms with Gasteiger partial charge in [0.2, 0.25) is 10.0 Å². The molecule has 7 nitrogen and oxygen atoms in total. The Morgan fingerprint density at radius 3 is 2.83 bits per heavy atom. The molecule has 0 unspecified atom stereocenters. The Kier molecular flexibility index (Phi) is 9.06. The second-order valence-corrected chi connectivity index (χ2v) is 6.67. The number of nitrogens with zero attached hydrogens (tertiary/aromatic N) is 1. The predicted molar refractivity (Wildman–Crippen MR) is 96.5 cm³/mol. The maximum absolute atomic E-state index is 12.2. The summed E-state index contributed by atoms with van der Waals surface area (Å²) in [5.41, 5.74) is 0.806. The Morgan fingerprint density at radius 2 is 2.17 bits per heavy atom. The summed E-state index contributed by atoms with van der Waals surface area (Å²) in [6.45, 7) is 7.89. The minimum Gasteiger partial charge on any atom is -0.383 e. The lowest BCUT2D eigenvalue weighted by atomic mass is 10.2. The van der Waals surface area contributed by atoms with E-state index in [0.717, 1.165) is 12.1 Å². The molecule has 0 aliphatic rings. The molecule has 0 saturated carbocycles. The summed E-state index contributed by atoms with van der Waals surface area (Å²) < 4.78 is 31.7. The zero-order chi connectivity index (χ0) is 17.8. The maximum atomic E-state index is 12.2. The molecule has 0 amide bonds. The van der Waals surface area contributed by atoms with Crippen LogP contribution in [-0.4, -0.2) is 47.7 Å². The van der Waals surface area contributed by atoms with Gasteiger partial charge >= 0.3 is 0 Å². The molecule has 0 saturated heterocycles. The van der Waals surface area contributed by atoms with Gasteiger partial charge in [-0.15, -0.1) is 6.58 Å². The second kappa shape index (κ2) is 10.8. The molecular formula is C16H26N4O3S. The van der Waals surface area contributed by atoms with Crippen molar-refractivity contribution in [2.45, 2.75) is 18.4 Å². The molecule has 134 valence electrons. The van der Waals surface area contributed by atoms with Crippen molar-refractivity contribution in [2.24, 2.45) is 4.99 Å².